The molecule has 1 saturated heterocycles. The molecule has 23 heavy (non-hydrogen) atoms. The summed E-state index contributed by atoms with van der Waals surface area (Å²) in [5, 5.41) is 7.63. The summed E-state index contributed by atoms with van der Waals surface area (Å²) in [5.74, 6) is 0.447. The predicted octanol–water partition coefficient (Wildman–Crippen LogP) is 3.12. The number of hydrogen-bond acceptors (Lipinski definition) is 5. The average molecular weight is 320 g/mol. The van der Waals surface area contributed by atoms with Crippen molar-refractivity contribution in [2.24, 2.45) is 5.41 Å². The van der Waals surface area contributed by atoms with E-state index < -0.39 is 18.3 Å². The van der Waals surface area contributed by atoms with Gasteiger partial charge in [-0.15, -0.1) is 5.10 Å². The zero-order valence-electron chi connectivity index (χ0n) is 14.0. The van der Waals surface area contributed by atoms with Gasteiger partial charge in [-0.05, 0) is 52.7 Å². The summed E-state index contributed by atoms with van der Waals surface area (Å²) in [6.45, 7) is 8.00. The fourth-order valence-electron chi connectivity index (χ4n) is 2.39. The summed E-state index contributed by atoms with van der Waals surface area (Å²) < 4.78 is 31.7. The summed E-state index contributed by atoms with van der Waals surface area (Å²) in [4.78, 5) is 0. The first kappa shape index (κ1) is 16.4. The first-order valence-corrected chi connectivity index (χ1v) is 7.88. The van der Waals surface area contributed by atoms with E-state index in [-0.39, 0.29) is 11.1 Å². The van der Waals surface area contributed by atoms with E-state index in [4.69, 9.17) is 14.0 Å². The van der Waals surface area contributed by atoms with Crippen LogP contribution in [0.2, 0.25) is 0 Å². The molecule has 0 unspecified atom stereocenters. The van der Waals surface area contributed by atoms with Crippen LogP contribution in [0.5, 0.6) is 5.88 Å². The molecule has 3 rings (SSSR count). The zero-order valence-corrected chi connectivity index (χ0v) is 14.0. The largest absolute Gasteiger partial charge is 0.524 e. The van der Waals surface area contributed by atoms with Crippen molar-refractivity contribution in [1.82, 2.24) is 10.2 Å². The van der Waals surface area contributed by atoms with Crippen molar-refractivity contribution in [3.8, 4) is 5.88 Å². The molecule has 0 N–H and O–H groups in total. The van der Waals surface area contributed by atoms with E-state index >= 15 is 0 Å². The highest BCUT2D eigenvalue weighted by atomic mass is 19.1. The van der Waals surface area contributed by atoms with Gasteiger partial charge in [-0.3, -0.25) is 0 Å². The molecular weight excluding hydrogens is 298 g/mol. The summed E-state index contributed by atoms with van der Waals surface area (Å²) in [6, 6.07) is 3.49. The van der Waals surface area contributed by atoms with Crippen LogP contribution in [0.1, 0.15) is 40.5 Å². The highest BCUT2D eigenvalue weighted by molar-refractivity contribution is 6.53. The third-order valence-electron chi connectivity index (χ3n) is 4.87. The number of halogens is 1. The number of ether oxygens (including phenoxy) is 1. The molecule has 1 aliphatic heterocycles. The van der Waals surface area contributed by atoms with E-state index in [1.807, 2.05) is 27.7 Å². The lowest BCUT2D eigenvalue weighted by Gasteiger charge is -2.32. The van der Waals surface area contributed by atoms with E-state index in [1.54, 1.807) is 24.4 Å². The second-order valence-corrected chi connectivity index (χ2v) is 7.33. The molecule has 0 atom stereocenters. The summed E-state index contributed by atoms with van der Waals surface area (Å²) >= 11 is 0. The van der Waals surface area contributed by atoms with Crippen molar-refractivity contribution in [2.75, 3.05) is 6.61 Å². The van der Waals surface area contributed by atoms with Crippen molar-refractivity contribution in [2.45, 2.75) is 51.7 Å². The third kappa shape index (κ3) is 3.40. The summed E-state index contributed by atoms with van der Waals surface area (Å²) in [7, 11) is -0.950. The molecule has 2 heterocycles. The molecule has 0 spiro atoms. The Morgan fingerprint density at radius 3 is 2.48 bits per heavy atom. The Kier molecular flexibility index (Phi) is 3.96. The second kappa shape index (κ2) is 5.56. The predicted molar refractivity (Wildman–Crippen MR) is 84.5 cm³/mol. The first-order valence-electron chi connectivity index (χ1n) is 7.88. The maximum Gasteiger partial charge on any atom is 0.524 e. The number of aromatic nitrogens is 2. The normalized spacial score (nSPS) is 24.6. The van der Waals surface area contributed by atoms with Gasteiger partial charge >= 0.3 is 7.12 Å². The lowest BCUT2D eigenvalue weighted by molar-refractivity contribution is 0.00578. The van der Waals surface area contributed by atoms with Crippen LogP contribution in [0.25, 0.3) is 0 Å². The molecule has 0 radical (unpaired) electrons. The van der Waals surface area contributed by atoms with Gasteiger partial charge in [-0.1, -0.05) is 0 Å². The van der Waals surface area contributed by atoms with Gasteiger partial charge in [-0.25, -0.2) is 4.39 Å². The van der Waals surface area contributed by atoms with Gasteiger partial charge in [0.1, 0.15) is 5.73 Å². The Labute approximate surface area is 136 Å². The molecule has 1 saturated carbocycles. The Balaban J connectivity index is 1.64. The van der Waals surface area contributed by atoms with E-state index in [0.29, 0.717) is 12.5 Å². The molecule has 0 bridgehead atoms. The topological polar surface area (TPSA) is 53.5 Å². The SMILES string of the molecule is CC1(C)OB(C(F)=CC2(COc3cccnn3)CC2)OC1(C)C. The molecule has 1 aromatic rings. The number of nitrogens with zero attached hydrogens (tertiary/aromatic N) is 2. The van der Waals surface area contributed by atoms with Crippen molar-refractivity contribution >= 4 is 7.12 Å². The second-order valence-electron chi connectivity index (χ2n) is 7.33. The molecular formula is C16H22BFN2O3. The molecule has 124 valence electrons. The lowest BCUT2D eigenvalue weighted by atomic mass is 9.85. The van der Waals surface area contributed by atoms with Crippen LogP contribution < -0.4 is 4.74 Å². The Hall–Kier alpha value is -1.47. The van der Waals surface area contributed by atoms with Gasteiger partial charge in [0.2, 0.25) is 5.88 Å². The summed E-state index contributed by atoms with van der Waals surface area (Å²) in [5.41, 5.74) is -1.78. The molecule has 0 amide bonds. The van der Waals surface area contributed by atoms with Crippen LogP contribution >= 0.6 is 0 Å². The van der Waals surface area contributed by atoms with E-state index in [9.17, 15) is 4.39 Å². The lowest BCUT2D eigenvalue weighted by Crippen LogP contribution is -2.41. The quantitative estimate of drug-likeness (QED) is 0.780. The van der Waals surface area contributed by atoms with Crippen LogP contribution in [-0.2, 0) is 9.31 Å². The molecule has 7 heteroatoms. The highest BCUT2D eigenvalue weighted by Crippen LogP contribution is 2.49. The van der Waals surface area contributed by atoms with Crippen molar-refractivity contribution in [3.63, 3.8) is 0 Å². The Morgan fingerprint density at radius 1 is 1.30 bits per heavy atom. The van der Waals surface area contributed by atoms with E-state index in [0.717, 1.165) is 12.8 Å². The smallest absolute Gasteiger partial charge is 0.476 e. The molecule has 1 aromatic heterocycles. The minimum atomic E-state index is -0.950. The van der Waals surface area contributed by atoms with Crippen LogP contribution in [0.3, 0.4) is 0 Å². The van der Waals surface area contributed by atoms with Gasteiger partial charge < -0.3 is 14.0 Å². The Bertz CT molecular complexity index is 587. The first-order chi connectivity index (χ1) is 10.7. The van der Waals surface area contributed by atoms with Crippen LogP contribution in [0, 0.1) is 5.41 Å². The van der Waals surface area contributed by atoms with Crippen molar-refractivity contribution in [1.29, 1.82) is 0 Å². The maximum atomic E-state index is 14.6. The summed E-state index contributed by atoms with van der Waals surface area (Å²) in [6.07, 6.45) is 4.92. The Morgan fingerprint density at radius 2 is 1.96 bits per heavy atom. The van der Waals surface area contributed by atoms with Crippen LogP contribution in [-0.4, -0.2) is 35.1 Å². The standard InChI is InChI=1S/C16H22BFN2O3/c1-14(2)15(3,4)23-17(22-14)12(18)10-16(7-8-16)11-21-13-6-5-9-19-20-13/h5-6,9-10H,7-8,11H2,1-4H3. The number of rotatable bonds is 5. The fraction of sp³-hybridized carbons (Fsp3) is 0.625. The van der Waals surface area contributed by atoms with Crippen LogP contribution in [0.15, 0.2) is 30.1 Å². The molecule has 5 nitrogen and oxygen atoms in total. The maximum absolute atomic E-state index is 14.6. The fourth-order valence-corrected chi connectivity index (χ4v) is 2.39. The monoisotopic (exact) mass is 320 g/mol. The van der Waals surface area contributed by atoms with Crippen LogP contribution in [0.4, 0.5) is 4.39 Å². The van der Waals surface area contributed by atoms with Gasteiger partial charge in [0.15, 0.2) is 0 Å². The minimum absolute atomic E-state index is 0.300. The zero-order chi connectivity index (χ0) is 16.7. The van der Waals surface area contributed by atoms with Gasteiger partial charge in [0.25, 0.3) is 0 Å². The minimum Gasteiger partial charge on any atom is -0.476 e. The van der Waals surface area contributed by atoms with Gasteiger partial charge in [0, 0.05) is 17.7 Å². The van der Waals surface area contributed by atoms with Crippen molar-refractivity contribution < 1.29 is 18.4 Å². The molecule has 2 fully saturated rings. The van der Waals surface area contributed by atoms with Gasteiger partial charge in [0.05, 0.1) is 17.8 Å². The third-order valence-corrected chi connectivity index (χ3v) is 4.87. The van der Waals surface area contributed by atoms with Gasteiger partial charge in [-0.2, -0.15) is 5.10 Å². The number of hydrogen-bond donors (Lipinski definition) is 0. The molecule has 2 aliphatic rings. The molecule has 0 aromatic carbocycles. The molecule has 1 aliphatic carbocycles. The average Bonchev–Trinajstić information content (AvgIpc) is 3.20. The van der Waals surface area contributed by atoms with E-state index in [2.05, 4.69) is 10.2 Å². The van der Waals surface area contributed by atoms with Crippen molar-refractivity contribution in [3.05, 3.63) is 30.1 Å². The van der Waals surface area contributed by atoms with E-state index in [1.165, 1.54) is 0 Å². The highest BCUT2D eigenvalue weighted by Gasteiger charge is 2.54.